The van der Waals surface area contributed by atoms with Crippen LogP contribution in [0.3, 0.4) is 0 Å². The smallest absolute Gasteiger partial charge is 0.357 e. The lowest BCUT2D eigenvalue weighted by molar-refractivity contribution is -0.117. The fourth-order valence-corrected chi connectivity index (χ4v) is 7.05. The molecule has 42 heavy (non-hydrogen) atoms. The van der Waals surface area contributed by atoms with Crippen molar-refractivity contribution in [1.82, 2.24) is 4.98 Å². The Bertz CT molecular complexity index is 1260. The topological polar surface area (TPSA) is 78.0 Å². The highest BCUT2D eigenvalue weighted by Gasteiger charge is 2.32. The van der Waals surface area contributed by atoms with E-state index in [1.54, 1.807) is 31.2 Å². The van der Waals surface area contributed by atoms with Crippen LogP contribution in [0.2, 0.25) is 0 Å². The molecule has 1 amide bonds. The average Bonchev–Trinajstić information content (AvgIpc) is 3.64. The third-order valence-electron chi connectivity index (χ3n) is 7.44. The molecule has 1 unspecified atom stereocenters. The zero-order valence-corrected chi connectivity index (χ0v) is 26.5. The van der Waals surface area contributed by atoms with E-state index < -0.39 is 0 Å². The SMILES string of the molecule is CCCCCCC(OCc1ccc(OC)cc1)c1ccc(N2C(=O)CC[C@@H]2CCSc2nc(C(=O)OCC)cs2)cc1. The predicted octanol–water partition coefficient (Wildman–Crippen LogP) is 8.23. The molecule has 0 spiro atoms. The minimum absolute atomic E-state index is 0.00252. The number of carbonyl (C=O) groups is 2. The normalized spacial score (nSPS) is 15.6. The molecule has 1 fully saturated rings. The first-order valence-corrected chi connectivity index (χ1v) is 16.8. The quantitative estimate of drug-likeness (QED) is 0.0865. The number of thioether (sulfide) groups is 1. The van der Waals surface area contributed by atoms with E-state index in [0.717, 1.165) is 58.3 Å². The summed E-state index contributed by atoms with van der Waals surface area (Å²) in [6.07, 6.45) is 7.98. The number of rotatable bonds is 17. The number of unbranched alkanes of at least 4 members (excludes halogenated alkanes) is 3. The number of hydrogen-bond acceptors (Lipinski definition) is 8. The van der Waals surface area contributed by atoms with Gasteiger partial charge in [-0.15, -0.1) is 11.3 Å². The number of anilines is 1. The Morgan fingerprint density at radius 1 is 1.10 bits per heavy atom. The monoisotopic (exact) mass is 610 g/mol. The number of benzene rings is 2. The van der Waals surface area contributed by atoms with Gasteiger partial charge in [0, 0.05) is 29.3 Å². The summed E-state index contributed by atoms with van der Waals surface area (Å²) in [5, 5.41) is 1.74. The molecule has 0 saturated carbocycles. The third kappa shape index (κ3) is 9.06. The van der Waals surface area contributed by atoms with Crippen molar-refractivity contribution in [3.8, 4) is 5.75 Å². The van der Waals surface area contributed by atoms with Crippen LogP contribution in [0.25, 0.3) is 0 Å². The lowest BCUT2D eigenvalue weighted by Crippen LogP contribution is -2.33. The van der Waals surface area contributed by atoms with Crippen LogP contribution in [0.15, 0.2) is 58.3 Å². The number of carbonyl (C=O) groups excluding carboxylic acids is 2. The zero-order chi connectivity index (χ0) is 29.7. The van der Waals surface area contributed by atoms with Crippen LogP contribution >= 0.6 is 23.1 Å². The molecule has 2 aromatic carbocycles. The van der Waals surface area contributed by atoms with Crippen LogP contribution in [-0.4, -0.2) is 42.4 Å². The van der Waals surface area contributed by atoms with Gasteiger partial charge in [0.15, 0.2) is 10.0 Å². The number of amides is 1. The Morgan fingerprint density at radius 2 is 1.88 bits per heavy atom. The van der Waals surface area contributed by atoms with Crippen LogP contribution in [0.1, 0.15) is 92.9 Å². The van der Waals surface area contributed by atoms with Gasteiger partial charge in [-0.3, -0.25) is 4.79 Å². The molecule has 3 aromatic rings. The minimum Gasteiger partial charge on any atom is -0.497 e. The van der Waals surface area contributed by atoms with E-state index >= 15 is 0 Å². The van der Waals surface area contributed by atoms with Crippen LogP contribution in [0.4, 0.5) is 5.69 Å². The molecule has 2 atom stereocenters. The fraction of sp³-hybridized carbons (Fsp3) is 0.485. The minimum atomic E-state index is -0.383. The van der Waals surface area contributed by atoms with Gasteiger partial charge in [0.2, 0.25) is 5.91 Å². The Kier molecular flexibility index (Phi) is 12.7. The van der Waals surface area contributed by atoms with Crippen molar-refractivity contribution in [3.05, 3.63) is 70.7 Å². The van der Waals surface area contributed by atoms with Crippen molar-refractivity contribution < 1.29 is 23.8 Å². The van der Waals surface area contributed by atoms with Crippen molar-refractivity contribution in [2.45, 2.75) is 88.3 Å². The molecule has 2 heterocycles. The first-order chi connectivity index (χ1) is 20.5. The number of hydrogen-bond donors (Lipinski definition) is 0. The number of thiazole rings is 1. The molecule has 0 radical (unpaired) electrons. The Labute approximate surface area is 258 Å². The fourth-order valence-electron chi connectivity index (χ4n) is 5.15. The molecule has 0 N–H and O–H groups in total. The Morgan fingerprint density at radius 3 is 2.60 bits per heavy atom. The Balaban J connectivity index is 1.36. The van der Waals surface area contributed by atoms with Gasteiger partial charge in [-0.1, -0.05) is 68.6 Å². The number of aromatic nitrogens is 1. The van der Waals surface area contributed by atoms with E-state index in [4.69, 9.17) is 14.2 Å². The highest BCUT2D eigenvalue weighted by atomic mass is 32.2. The third-order valence-corrected chi connectivity index (χ3v) is 9.50. The van der Waals surface area contributed by atoms with Crippen molar-refractivity contribution in [2.24, 2.45) is 0 Å². The molecule has 7 nitrogen and oxygen atoms in total. The lowest BCUT2D eigenvalue weighted by Gasteiger charge is -2.26. The van der Waals surface area contributed by atoms with Gasteiger partial charge in [-0.2, -0.15) is 0 Å². The molecule has 0 aliphatic carbocycles. The van der Waals surface area contributed by atoms with Crippen molar-refractivity contribution in [2.75, 3.05) is 24.4 Å². The summed E-state index contributed by atoms with van der Waals surface area (Å²) in [6.45, 7) is 4.88. The highest BCUT2D eigenvalue weighted by Crippen LogP contribution is 2.33. The Hall–Kier alpha value is -2.88. The van der Waals surface area contributed by atoms with E-state index in [-0.39, 0.29) is 24.0 Å². The predicted molar refractivity (Wildman–Crippen MR) is 170 cm³/mol. The zero-order valence-electron chi connectivity index (χ0n) is 24.9. The van der Waals surface area contributed by atoms with E-state index in [9.17, 15) is 9.59 Å². The van der Waals surface area contributed by atoms with Crippen molar-refractivity contribution in [1.29, 1.82) is 0 Å². The number of ether oxygens (including phenoxy) is 3. The second-order valence-electron chi connectivity index (χ2n) is 10.4. The average molecular weight is 611 g/mol. The summed E-state index contributed by atoms with van der Waals surface area (Å²) < 4.78 is 17.6. The summed E-state index contributed by atoms with van der Waals surface area (Å²) in [6, 6.07) is 16.5. The number of esters is 1. The summed E-state index contributed by atoms with van der Waals surface area (Å²) in [5.74, 6) is 1.45. The molecule has 1 aliphatic heterocycles. The second-order valence-corrected chi connectivity index (χ2v) is 12.6. The van der Waals surface area contributed by atoms with E-state index in [0.29, 0.717) is 25.3 Å². The first-order valence-electron chi connectivity index (χ1n) is 14.9. The molecule has 1 aromatic heterocycles. The number of methoxy groups -OCH3 is 1. The van der Waals surface area contributed by atoms with Crippen LogP contribution in [-0.2, 0) is 20.9 Å². The van der Waals surface area contributed by atoms with Crippen molar-refractivity contribution >= 4 is 40.7 Å². The maximum absolute atomic E-state index is 12.9. The van der Waals surface area contributed by atoms with Gasteiger partial charge >= 0.3 is 5.97 Å². The number of nitrogens with zero attached hydrogens (tertiary/aromatic N) is 2. The molecule has 0 bridgehead atoms. The van der Waals surface area contributed by atoms with E-state index in [1.165, 1.54) is 30.6 Å². The van der Waals surface area contributed by atoms with Gasteiger partial charge in [0.05, 0.1) is 26.4 Å². The van der Waals surface area contributed by atoms with Gasteiger partial charge in [-0.05, 0) is 61.6 Å². The highest BCUT2D eigenvalue weighted by molar-refractivity contribution is 8.01. The lowest BCUT2D eigenvalue weighted by atomic mass is 10.0. The summed E-state index contributed by atoms with van der Waals surface area (Å²) in [5.41, 5.74) is 3.56. The molecule has 4 rings (SSSR count). The van der Waals surface area contributed by atoms with E-state index in [1.807, 2.05) is 29.2 Å². The van der Waals surface area contributed by atoms with Crippen molar-refractivity contribution in [3.63, 3.8) is 0 Å². The summed E-state index contributed by atoms with van der Waals surface area (Å²) in [7, 11) is 1.67. The van der Waals surface area contributed by atoms with Crippen LogP contribution in [0.5, 0.6) is 5.75 Å². The molecular weight excluding hydrogens is 569 g/mol. The molecule has 1 saturated heterocycles. The second kappa shape index (κ2) is 16.7. The standard InChI is InChI=1S/C33H42N2O5S2/c1-4-6-7-8-9-30(40-22-24-10-17-28(38-3)18-11-24)25-12-14-26(15-13-25)35-27(16-19-31(35)36)20-21-41-33-34-29(23-42-33)32(37)39-5-2/h10-15,17-18,23,27,30H,4-9,16,19-22H2,1-3H3/t27-,30?/m1/s1. The molecular formula is C33H42N2O5S2. The summed E-state index contributed by atoms with van der Waals surface area (Å²) in [4.78, 5) is 31.2. The molecule has 226 valence electrons. The maximum Gasteiger partial charge on any atom is 0.357 e. The summed E-state index contributed by atoms with van der Waals surface area (Å²) >= 11 is 3.08. The van der Waals surface area contributed by atoms with Gasteiger partial charge < -0.3 is 19.1 Å². The molecule has 1 aliphatic rings. The molecule has 9 heteroatoms. The van der Waals surface area contributed by atoms with Crippen LogP contribution in [0, 0.1) is 0 Å². The van der Waals surface area contributed by atoms with Gasteiger partial charge in [0.25, 0.3) is 0 Å². The first kappa shape index (κ1) is 32.0. The van der Waals surface area contributed by atoms with Gasteiger partial charge in [0.1, 0.15) is 5.75 Å². The van der Waals surface area contributed by atoms with Gasteiger partial charge in [-0.25, -0.2) is 9.78 Å². The van der Waals surface area contributed by atoms with E-state index in [2.05, 4.69) is 36.2 Å². The largest absolute Gasteiger partial charge is 0.497 e. The van der Waals surface area contributed by atoms with Crippen LogP contribution < -0.4 is 9.64 Å². The maximum atomic E-state index is 12.9.